The molecule has 2 N–H and O–H groups in total. The van der Waals surface area contributed by atoms with Gasteiger partial charge in [0.2, 0.25) is 5.91 Å². The van der Waals surface area contributed by atoms with Crippen LogP contribution in [-0.4, -0.2) is 52.6 Å². The van der Waals surface area contributed by atoms with Gasteiger partial charge in [0, 0.05) is 32.1 Å². The zero-order valence-electron chi connectivity index (χ0n) is 13.8. The number of carbonyl (C=O) groups excluding carboxylic acids is 1. The maximum atomic E-state index is 12.9. The van der Waals surface area contributed by atoms with Crippen molar-refractivity contribution in [3.63, 3.8) is 0 Å². The Morgan fingerprint density at radius 3 is 2.44 bits per heavy atom. The van der Waals surface area contributed by atoms with Crippen LogP contribution in [-0.2, 0) is 9.59 Å². The molecule has 0 unspecified atom stereocenters. The summed E-state index contributed by atoms with van der Waals surface area (Å²) in [5.74, 6) is -5.70. The summed E-state index contributed by atoms with van der Waals surface area (Å²) >= 11 is 0. The summed E-state index contributed by atoms with van der Waals surface area (Å²) in [6.45, 7) is -0.889. The van der Waals surface area contributed by atoms with Crippen molar-refractivity contribution in [1.29, 1.82) is 0 Å². The number of anilines is 1. The average Bonchev–Trinajstić information content (AvgIpc) is 2.98. The number of carboxylic acids is 1. The number of benzene rings is 1. The Labute approximate surface area is 157 Å². The number of rotatable bonds is 6. The number of nitrogens with one attached hydrogen (secondary N) is 1. The van der Waals surface area contributed by atoms with Crippen LogP contribution in [0.3, 0.4) is 0 Å². The van der Waals surface area contributed by atoms with Gasteiger partial charge >= 0.3 is 12.1 Å². The van der Waals surface area contributed by atoms with Gasteiger partial charge in [-0.05, 0) is 6.07 Å². The van der Waals surface area contributed by atoms with Crippen molar-refractivity contribution in [2.24, 2.45) is 11.8 Å². The molecule has 1 aromatic carbocycles. The van der Waals surface area contributed by atoms with Gasteiger partial charge in [-0.25, -0.2) is 0 Å². The molecule has 1 aliphatic heterocycles. The monoisotopic (exact) mass is 411 g/mol. The average molecular weight is 412 g/mol. The molecule has 2 rings (SSSR count). The van der Waals surface area contributed by atoms with Gasteiger partial charge in [0.15, 0.2) is 0 Å². The Bertz CT molecular complexity index is 716. The highest BCUT2D eigenvalue weighted by molar-refractivity contribution is 5.93. The van der Waals surface area contributed by atoms with Gasteiger partial charge in [0.1, 0.15) is 5.69 Å². The number of aliphatic carboxylic acids is 1. The number of hydrogen-bond acceptors (Lipinski definition) is 5. The predicted octanol–water partition coefficient (Wildman–Crippen LogP) is 2.54. The maximum absolute atomic E-state index is 12.9. The number of para-hydroxylation sites is 2. The third kappa shape index (κ3) is 5.79. The lowest BCUT2D eigenvalue weighted by molar-refractivity contribution is -0.383. The topological polar surface area (TPSA) is 113 Å². The summed E-state index contributed by atoms with van der Waals surface area (Å²) in [5, 5.41) is 22.2. The summed E-state index contributed by atoms with van der Waals surface area (Å²) in [6, 6.07) is 5.48. The lowest BCUT2D eigenvalue weighted by Crippen LogP contribution is -2.33. The normalized spacial score (nSPS) is 20.0. The highest BCUT2D eigenvalue weighted by Crippen LogP contribution is 2.37. The molecule has 1 heterocycles. The van der Waals surface area contributed by atoms with Gasteiger partial charge in [-0.15, -0.1) is 12.4 Å². The maximum Gasteiger partial charge on any atom is 0.393 e. The van der Waals surface area contributed by atoms with E-state index in [9.17, 15) is 32.9 Å². The fraction of sp³-hybridized carbons (Fsp3) is 0.467. The summed E-state index contributed by atoms with van der Waals surface area (Å²) in [4.78, 5) is 34.4. The number of halogens is 4. The zero-order chi connectivity index (χ0) is 19.5. The highest BCUT2D eigenvalue weighted by atomic mass is 35.5. The van der Waals surface area contributed by atoms with Gasteiger partial charge in [0.25, 0.3) is 5.69 Å². The van der Waals surface area contributed by atoms with Crippen LogP contribution in [0.5, 0.6) is 0 Å². The van der Waals surface area contributed by atoms with E-state index >= 15 is 0 Å². The number of nitro benzene ring substituents is 1. The van der Waals surface area contributed by atoms with Crippen molar-refractivity contribution < 1.29 is 32.8 Å². The van der Waals surface area contributed by atoms with E-state index in [0.717, 1.165) is 0 Å². The number of hydrogen-bond donors (Lipinski definition) is 2. The van der Waals surface area contributed by atoms with Gasteiger partial charge in [-0.1, -0.05) is 12.1 Å². The number of amides is 1. The van der Waals surface area contributed by atoms with Crippen LogP contribution < -0.4 is 5.32 Å². The molecule has 1 aromatic rings. The standard InChI is InChI=1S/C15H16F3N3O5.ClH/c16-15(17,18)10-8-20(7-9(10)14(23)24)6-5-13(22)19-11-3-1-2-4-12(11)21(25)26;/h1-4,9-10H,5-8H2,(H,19,22)(H,23,24);1H/t9-,10-;/m1./s1. The number of nitro groups is 1. The van der Waals surface area contributed by atoms with Crippen molar-refractivity contribution >= 4 is 35.7 Å². The van der Waals surface area contributed by atoms with Crippen molar-refractivity contribution in [2.75, 3.05) is 25.0 Å². The number of carbonyl (C=O) groups is 2. The van der Waals surface area contributed by atoms with Crippen molar-refractivity contribution in [2.45, 2.75) is 12.6 Å². The SMILES string of the molecule is Cl.O=C(CCN1C[C@@H](C(F)(F)F)[C@H](C(=O)O)C1)Nc1ccccc1[N+](=O)[O-]. The fourth-order valence-electron chi connectivity index (χ4n) is 2.86. The van der Waals surface area contributed by atoms with E-state index in [2.05, 4.69) is 5.32 Å². The van der Waals surface area contributed by atoms with Crippen LogP contribution in [0.2, 0.25) is 0 Å². The summed E-state index contributed by atoms with van der Waals surface area (Å²) in [6.07, 6.45) is -4.85. The second-order valence-electron chi connectivity index (χ2n) is 5.92. The van der Waals surface area contributed by atoms with Crippen molar-refractivity contribution in [1.82, 2.24) is 4.90 Å². The molecule has 27 heavy (non-hydrogen) atoms. The predicted molar refractivity (Wildman–Crippen MR) is 90.7 cm³/mol. The van der Waals surface area contributed by atoms with Gasteiger partial charge < -0.3 is 15.3 Å². The lowest BCUT2D eigenvalue weighted by atomic mass is 9.96. The minimum atomic E-state index is -4.63. The van der Waals surface area contributed by atoms with Crippen molar-refractivity contribution in [3.05, 3.63) is 34.4 Å². The number of nitrogens with zero attached hydrogens (tertiary/aromatic N) is 2. The molecule has 0 spiro atoms. The highest BCUT2D eigenvalue weighted by Gasteiger charge is 2.52. The van der Waals surface area contributed by atoms with Gasteiger partial charge in [0.05, 0.1) is 16.8 Å². The Morgan fingerprint density at radius 2 is 1.93 bits per heavy atom. The Hall–Kier alpha value is -2.40. The smallest absolute Gasteiger partial charge is 0.393 e. The van der Waals surface area contributed by atoms with E-state index in [1.54, 1.807) is 0 Å². The van der Waals surface area contributed by atoms with Gasteiger partial charge in [-0.2, -0.15) is 13.2 Å². The summed E-state index contributed by atoms with van der Waals surface area (Å²) < 4.78 is 38.8. The quantitative estimate of drug-likeness (QED) is 0.549. The molecular weight excluding hydrogens is 395 g/mol. The Morgan fingerprint density at radius 1 is 1.30 bits per heavy atom. The Balaban J connectivity index is 0.00000364. The van der Waals surface area contributed by atoms with E-state index < -0.39 is 41.4 Å². The van der Waals surface area contributed by atoms with Crippen LogP contribution in [0.15, 0.2) is 24.3 Å². The number of likely N-dealkylation sites (tertiary alicyclic amines) is 1. The van der Waals surface area contributed by atoms with Crippen LogP contribution in [0.4, 0.5) is 24.5 Å². The molecule has 2 atom stereocenters. The second kappa shape index (κ2) is 9.00. The summed E-state index contributed by atoms with van der Waals surface area (Å²) in [7, 11) is 0. The van der Waals surface area contributed by atoms with E-state index in [1.165, 1.54) is 29.2 Å². The van der Waals surface area contributed by atoms with Crippen LogP contribution >= 0.6 is 12.4 Å². The fourth-order valence-corrected chi connectivity index (χ4v) is 2.86. The first-order valence-corrected chi connectivity index (χ1v) is 7.64. The zero-order valence-corrected chi connectivity index (χ0v) is 14.6. The third-order valence-corrected chi connectivity index (χ3v) is 4.16. The van der Waals surface area contributed by atoms with E-state index in [4.69, 9.17) is 5.11 Å². The largest absolute Gasteiger partial charge is 0.481 e. The molecule has 0 saturated carbocycles. The molecule has 1 saturated heterocycles. The molecule has 1 amide bonds. The molecule has 8 nitrogen and oxygen atoms in total. The molecule has 0 aliphatic carbocycles. The molecule has 0 bridgehead atoms. The number of carboxylic acid groups (broad SMARTS) is 1. The first kappa shape index (κ1) is 22.6. The molecule has 12 heteroatoms. The van der Waals surface area contributed by atoms with Gasteiger partial charge in [-0.3, -0.25) is 19.7 Å². The van der Waals surface area contributed by atoms with Crippen LogP contribution in [0.1, 0.15) is 6.42 Å². The molecule has 0 aromatic heterocycles. The number of alkyl halides is 3. The van der Waals surface area contributed by atoms with Crippen LogP contribution in [0, 0.1) is 22.0 Å². The minimum absolute atomic E-state index is 0. The first-order chi connectivity index (χ1) is 12.1. The second-order valence-corrected chi connectivity index (χ2v) is 5.92. The van der Waals surface area contributed by atoms with Crippen LogP contribution in [0.25, 0.3) is 0 Å². The third-order valence-electron chi connectivity index (χ3n) is 4.16. The lowest BCUT2D eigenvalue weighted by Gasteiger charge is -2.18. The van der Waals surface area contributed by atoms with E-state index in [-0.39, 0.29) is 43.3 Å². The Kier molecular flexibility index (Phi) is 7.55. The minimum Gasteiger partial charge on any atom is -0.481 e. The molecule has 1 aliphatic rings. The molecule has 0 radical (unpaired) electrons. The first-order valence-electron chi connectivity index (χ1n) is 7.64. The molecule has 150 valence electrons. The molecular formula is C15H17ClF3N3O5. The summed E-state index contributed by atoms with van der Waals surface area (Å²) in [5.41, 5.74) is -0.314. The van der Waals surface area contributed by atoms with E-state index in [1.807, 2.05) is 0 Å². The molecule has 1 fully saturated rings. The van der Waals surface area contributed by atoms with E-state index in [0.29, 0.717) is 0 Å². The van der Waals surface area contributed by atoms with Crippen molar-refractivity contribution in [3.8, 4) is 0 Å².